The summed E-state index contributed by atoms with van der Waals surface area (Å²) >= 11 is 9.28. The van der Waals surface area contributed by atoms with Crippen LogP contribution in [0.4, 0.5) is 21.6 Å². The summed E-state index contributed by atoms with van der Waals surface area (Å²) < 4.78 is 25.2. The topological polar surface area (TPSA) is 85.4 Å². The summed E-state index contributed by atoms with van der Waals surface area (Å²) in [5, 5.41) is 7.57. The van der Waals surface area contributed by atoms with Crippen LogP contribution in [0.3, 0.4) is 0 Å². The first-order chi connectivity index (χ1) is 16.5. The number of rotatable bonds is 9. The van der Waals surface area contributed by atoms with Crippen LogP contribution < -0.4 is 15.4 Å². The van der Waals surface area contributed by atoms with Crippen LogP contribution in [0.1, 0.15) is 12.8 Å². The zero-order valence-electron chi connectivity index (χ0n) is 18.2. The van der Waals surface area contributed by atoms with Gasteiger partial charge in [-0.05, 0) is 42.5 Å². The molecule has 3 atom stereocenters. The molecule has 1 amide bonds. The molecule has 2 fully saturated rings. The molecule has 2 aromatic carbocycles. The quantitative estimate of drug-likeness (QED) is 0.341. The smallest absolute Gasteiger partial charge is 0.224 e. The van der Waals surface area contributed by atoms with E-state index in [1.165, 1.54) is 18.5 Å². The Morgan fingerprint density at radius 3 is 2.82 bits per heavy atom. The summed E-state index contributed by atoms with van der Waals surface area (Å²) in [6, 6.07) is 7.97. The number of nitrogens with zero attached hydrogens (tertiary/aromatic N) is 2. The Morgan fingerprint density at radius 1 is 1.24 bits per heavy atom. The molecule has 1 aliphatic carbocycles. The standard InChI is InChI=1S/C24H23BrClFN4O3/c25-5-1-2-23(32)31-21-7-14-20(8-22(21)34-11-17-15-9-33-10-16(15)17)28-12-29-24(14)30-13-3-4-19(27)18(26)6-13/h3-4,6-8,12,15-17H,1-2,5,9-11H2,(H,31,32)(H,28,29,30)/t15-,16+,17+. The number of nitrogens with one attached hydrogen (secondary N) is 2. The molecule has 2 heterocycles. The first-order valence-electron chi connectivity index (χ1n) is 11.1. The highest BCUT2D eigenvalue weighted by Gasteiger charge is 2.54. The summed E-state index contributed by atoms with van der Waals surface area (Å²) in [4.78, 5) is 21.2. The SMILES string of the molecule is O=C(CCCBr)Nc1cc2c(Nc3ccc(F)c(Cl)c3)ncnc2cc1OC[C@H]1[C@@H]2COC[C@@H]21. The van der Waals surface area contributed by atoms with Crippen molar-refractivity contribution in [2.45, 2.75) is 12.8 Å². The Kier molecular flexibility index (Phi) is 6.85. The number of hydrogen-bond donors (Lipinski definition) is 2. The molecule has 0 radical (unpaired) electrons. The number of fused-ring (bicyclic) bond motifs is 2. The summed E-state index contributed by atoms with van der Waals surface area (Å²) in [7, 11) is 0. The van der Waals surface area contributed by atoms with E-state index in [9.17, 15) is 9.18 Å². The number of amides is 1. The maximum absolute atomic E-state index is 13.6. The summed E-state index contributed by atoms with van der Waals surface area (Å²) in [6.07, 6.45) is 2.55. The minimum absolute atomic E-state index is 0.00837. The fourth-order valence-electron chi connectivity index (χ4n) is 4.34. The van der Waals surface area contributed by atoms with Crippen molar-refractivity contribution in [3.05, 3.63) is 47.5 Å². The van der Waals surface area contributed by atoms with Crippen LogP contribution in [0.2, 0.25) is 5.02 Å². The number of carbonyl (C=O) groups excluding carboxylic acids is 1. The number of hydrogen-bond acceptors (Lipinski definition) is 6. The lowest BCUT2D eigenvalue weighted by atomic mass is 10.1. The van der Waals surface area contributed by atoms with Gasteiger partial charge in [-0.25, -0.2) is 14.4 Å². The average Bonchev–Trinajstić information content (AvgIpc) is 3.24. The molecule has 0 spiro atoms. The zero-order chi connectivity index (χ0) is 23.7. The normalized spacial score (nSPS) is 20.7. The Bertz CT molecular complexity index is 1220. The van der Waals surface area contributed by atoms with Crippen molar-refractivity contribution in [2.24, 2.45) is 17.8 Å². The molecule has 1 saturated carbocycles. The van der Waals surface area contributed by atoms with Crippen molar-refractivity contribution < 1.29 is 18.7 Å². The monoisotopic (exact) mass is 548 g/mol. The lowest BCUT2D eigenvalue weighted by molar-refractivity contribution is -0.116. The van der Waals surface area contributed by atoms with Crippen molar-refractivity contribution in [1.29, 1.82) is 0 Å². The molecule has 1 aromatic heterocycles. The van der Waals surface area contributed by atoms with E-state index in [2.05, 4.69) is 36.5 Å². The molecule has 5 rings (SSSR count). The van der Waals surface area contributed by atoms with Gasteiger partial charge in [0, 0.05) is 34.8 Å². The number of ether oxygens (including phenoxy) is 2. The van der Waals surface area contributed by atoms with Crippen molar-refractivity contribution >= 4 is 61.5 Å². The minimum Gasteiger partial charge on any atom is -0.491 e. The van der Waals surface area contributed by atoms with Gasteiger partial charge in [-0.1, -0.05) is 27.5 Å². The molecule has 2 N–H and O–H groups in total. The molecular formula is C24H23BrClFN4O3. The number of halogens is 3. The lowest BCUT2D eigenvalue weighted by Crippen LogP contribution is -2.14. The number of anilines is 3. The second kappa shape index (κ2) is 10.0. The molecule has 10 heteroatoms. The van der Waals surface area contributed by atoms with Crippen molar-refractivity contribution in [2.75, 3.05) is 35.8 Å². The van der Waals surface area contributed by atoms with Gasteiger partial charge in [-0.15, -0.1) is 0 Å². The largest absolute Gasteiger partial charge is 0.491 e. The fraction of sp³-hybridized carbons (Fsp3) is 0.375. The number of carbonyl (C=O) groups is 1. The predicted molar refractivity (Wildman–Crippen MR) is 133 cm³/mol. The van der Waals surface area contributed by atoms with Crippen LogP contribution in [0.5, 0.6) is 5.75 Å². The van der Waals surface area contributed by atoms with E-state index < -0.39 is 5.82 Å². The van der Waals surface area contributed by atoms with E-state index in [4.69, 9.17) is 21.1 Å². The summed E-state index contributed by atoms with van der Waals surface area (Å²) in [5.74, 6) is 2.09. The van der Waals surface area contributed by atoms with E-state index in [0.717, 1.165) is 25.0 Å². The van der Waals surface area contributed by atoms with Crippen molar-refractivity contribution in [1.82, 2.24) is 9.97 Å². The van der Waals surface area contributed by atoms with Crippen LogP contribution >= 0.6 is 27.5 Å². The third-order valence-electron chi connectivity index (χ3n) is 6.29. The third kappa shape index (κ3) is 4.96. The fourth-order valence-corrected chi connectivity index (χ4v) is 4.80. The van der Waals surface area contributed by atoms with E-state index in [0.29, 0.717) is 64.6 Å². The summed E-state index contributed by atoms with van der Waals surface area (Å²) in [6.45, 7) is 2.16. The van der Waals surface area contributed by atoms with E-state index >= 15 is 0 Å². The molecular weight excluding hydrogens is 527 g/mol. The number of alkyl halides is 1. The molecule has 178 valence electrons. The van der Waals surface area contributed by atoms with Gasteiger partial charge in [0.15, 0.2) is 0 Å². The molecule has 2 aliphatic rings. The average molecular weight is 550 g/mol. The molecule has 7 nitrogen and oxygen atoms in total. The Hall–Kier alpha value is -2.49. The number of aromatic nitrogens is 2. The van der Waals surface area contributed by atoms with Crippen LogP contribution in [0, 0.1) is 23.6 Å². The van der Waals surface area contributed by atoms with Gasteiger partial charge < -0.3 is 20.1 Å². The predicted octanol–water partition coefficient (Wildman–Crippen LogP) is 5.55. The highest BCUT2D eigenvalue weighted by molar-refractivity contribution is 9.09. The summed E-state index contributed by atoms with van der Waals surface area (Å²) in [5.41, 5.74) is 1.79. The first-order valence-corrected chi connectivity index (χ1v) is 12.6. The third-order valence-corrected chi connectivity index (χ3v) is 7.14. The van der Waals surface area contributed by atoms with Crippen molar-refractivity contribution in [3.63, 3.8) is 0 Å². The highest BCUT2D eigenvalue weighted by atomic mass is 79.9. The van der Waals surface area contributed by atoms with Crippen molar-refractivity contribution in [3.8, 4) is 5.75 Å². The second-order valence-corrected chi connectivity index (χ2v) is 9.72. The Labute approximate surface area is 209 Å². The van der Waals surface area contributed by atoms with Gasteiger partial charge in [0.1, 0.15) is 23.7 Å². The Balaban J connectivity index is 1.44. The molecule has 0 bridgehead atoms. The number of benzene rings is 2. The lowest BCUT2D eigenvalue weighted by Gasteiger charge is -2.16. The van der Waals surface area contributed by atoms with E-state index in [1.54, 1.807) is 12.1 Å². The minimum atomic E-state index is -0.499. The van der Waals surface area contributed by atoms with Gasteiger partial charge in [-0.3, -0.25) is 4.79 Å². The van der Waals surface area contributed by atoms with Crippen LogP contribution in [-0.2, 0) is 9.53 Å². The van der Waals surface area contributed by atoms with Crippen LogP contribution in [-0.4, -0.2) is 41.0 Å². The van der Waals surface area contributed by atoms with E-state index in [1.807, 2.05) is 6.07 Å². The van der Waals surface area contributed by atoms with Crippen LogP contribution in [0.15, 0.2) is 36.7 Å². The first kappa shape index (κ1) is 23.3. The molecule has 34 heavy (non-hydrogen) atoms. The zero-order valence-corrected chi connectivity index (χ0v) is 20.5. The molecule has 0 unspecified atom stereocenters. The van der Waals surface area contributed by atoms with E-state index in [-0.39, 0.29) is 10.9 Å². The molecule has 3 aromatic rings. The maximum atomic E-state index is 13.6. The van der Waals surface area contributed by atoms with Gasteiger partial charge in [0.2, 0.25) is 5.91 Å². The molecule has 1 saturated heterocycles. The van der Waals surface area contributed by atoms with Gasteiger partial charge in [0.05, 0.1) is 36.0 Å². The maximum Gasteiger partial charge on any atom is 0.224 e. The second-order valence-electron chi connectivity index (χ2n) is 8.52. The Morgan fingerprint density at radius 2 is 2.06 bits per heavy atom. The highest BCUT2D eigenvalue weighted by Crippen LogP contribution is 2.51. The van der Waals surface area contributed by atoms with Crippen LogP contribution in [0.25, 0.3) is 10.9 Å². The van der Waals surface area contributed by atoms with Gasteiger partial charge in [-0.2, -0.15) is 0 Å². The van der Waals surface area contributed by atoms with Gasteiger partial charge in [0.25, 0.3) is 0 Å². The molecule has 1 aliphatic heterocycles. The van der Waals surface area contributed by atoms with Gasteiger partial charge >= 0.3 is 0 Å².